The number of nitrogens with zero attached hydrogens (tertiary/aromatic N) is 4. The van der Waals surface area contributed by atoms with Crippen molar-refractivity contribution in [1.82, 2.24) is 19.2 Å². The molecule has 0 aliphatic carbocycles. The average Bonchev–Trinajstić information content (AvgIpc) is 3.24. The minimum atomic E-state index is 0.223. The molecular formula is C19H22N4OS2. The van der Waals surface area contributed by atoms with Crippen LogP contribution in [0, 0.1) is 4.77 Å². The van der Waals surface area contributed by atoms with Gasteiger partial charge in [-0.15, -0.1) is 16.4 Å². The van der Waals surface area contributed by atoms with Gasteiger partial charge in [-0.05, 0) is 49.6 Å². The first-order chi connectivity index (χ1) is 12.6. The van der Waals surface area contributed by atoms with Crippen molar-refractivity contribution in [3.63, 3.8) is 0 Å². The molecule has 5 nitrogen and oxygen atoms in total. The molecule has 1 aliphatic rings. The van der Waals surface area contributed by atoms with Gasteiger partial charge in [0.25, 0.3) is 0 Å². The molecule has 7 heteroatoms. The van der Waals surface area contributed by atoms with E-state index in [4.69, 9.17) is 22.1 Å². The third-order valence-electron chi connectivity index (χ3n) is 4.42. The van der Waals surface area contributed by atoms with Crippen molar-refractivity contribution < 1.29 is 4.74 Å². The zero-order valence-electron chi connectivity index (χ0n) is 14.9. The number of aromatic nitrogens is 3. The molecule has 1 aliphatic heterocycles. The molecule has 2 atom stereocenters. The Hall–Kier alpha value is -1.80. The molecular weight excluding hydrogens is 364 g/mol. The van der Waals surface area contributed by atoms with Crippen molar-refractivity contribution in [3.05, 3.63) is 52.6 Å². The summed E-state index contributed by atoms with van der Waals surface area (Å²) in [5, 5.41) is 6.94. The molecule has 2 aromatic heterocycles. The lowest BCUT2D eigenvalue weighted by molar-refractivity contribution is -0.0777. The van der Waals surface area contributed by atoms with Gasteiger partial charge in [0.1, 0.15) is 0 Å². The predicted molar refractivity (Wildman–Crippen MR) is 107 cm³/mol. The molecule has 136 valence electrons. The predicted octanol–water partition coefficient (Wildman–Crippen LogP) is 4.20. The highest BCUT2D eigenvalue weighted by molar-refractivity contribution is 7.71. The second-order valence-corrected chi connectivity index (χ2v) is 8.00. The molecule has 0 bridgehead atoms. The van der Waals surface area contributed by atoms with Crippen molar-refractivity contribution in [2.75, 3.05) is 13.1 Å². The Bertz CT molecular complexity index is 907. The highest BCUT2D eigenvalue weighted by Crippen LogP contribution is 2.26. The average molecular weight is 387 g/mol. The topological polar surface area (TPSA) is 35.2 Å². The zero-order chi connectivity index (χ0) is 18.1. The van der Waals surface area contributed by atoms with Crippen LogP contribution in [0.3, 0.4) is 0 Å². The van der Waals surface area contributed by atoms with E-state index in [1.165, 1.54) is 0 Å². The first-order valence-corrected chi connectivity index (χ1v) is 10.1. The van der Waals surface area contributed by atoms with Crippen LogP contribution in [-0.2, 0) is 11.4 Å². The Morgan fingerprint density at radius 1 is 1.12 bits per heavy atom. The smallest absolute Gasteiger partial charge is 0.204 e. The van der Waals surface area contributed by atoms with Gasteiger partial charge in [0.2, 0.25) is 4.77 Å². The van der Waals surface area contributed by atoms with Crippen LogP contribution in [0.1, 0.15) is 13.8 Å². The molecule has 4 rings (SSSR count). The van der Waals surface area contributed by atoms with E-state index >= 15 is 0 Å². The quantitative estimate of drug-likeness (QED) is 0.630. The van der Waals surface area contributed by atoms with E-state index in [1.807, 2.05) is 28.9 Å². The molecule has 0 N–H and O–H groups in total. The number of ether oxygens (including phenoxy) is 1. The van der Waals surface area contributed by atoms with Gasteiger partial charge in [-0.1, -0.05) is 24.3 Å². The Balaban J connectivity index is 1.74. The standard InChI is InChI=1S/C19H22N4OS2/c1-14-11-21(12-15(2)24-14)13-22-19(25)23(16-7-4-3-5-8-16)18(20-22)17-9-6-10-26-17/h3-10,14-15H,11-13H2,1-2H3/t14-,15-/m1/s1. The summed E-state index contributed by atoms with van der Waals surface area (Å²) in [7, 11) is 0. The van der Waals surface area contributed by atoms with E-state index in [2.05, 4.69) is 46.9 Å². The highest BCUT2D eigenvalue weighted by atomic mass is 32.1. The highest BCUT2D eigenvalue weighted by Gasteiger charge is 2.24. The molecule has 0 amide bonds. The number of para-hydroxylation sites is 1. The maximum Gasteiger partial charge on any atom is 0.204 e. The number of hydrogen-bond acceptors (Lipinski definition) is 5. The first-order valence-electron chi connectivity index (χ1n) is 8.79. The van der Waals surface area contributed by atoms with Crippen LogP contribution in [0.4, 0.5) is 0 Å². The molecule has 0 unspecified atom stereocenters. The Kier molecular flexibility index (Phi) is 5.04. The molecule has 26 heavy (non-hydrogen) atoms. The van der Waals surface area contributed by atoms with Gasteiger partial charge in [-0.3, -0.25) is 9.47 Å². The van der Waals surface area contributed by atoms with Gasteiger partial charge >= 0.3 is 0 Å². The fourth-order valence-electron chi connectivity index (χ4n) is 3.46. The Morgan fingerprint density at radius 3 is 2.50 bits per heavy atom. The number of hydrogen-bond donors (Lipinski definition) is 0. The van der Waals surface area contributed by atoms with Gasteiger partial charge in [-0.2, -0.15) is 0 Å². The number of rotatable bonds is 4. The normalized spacial score (nSPS) is 21.2. The molecule has 0 saturated carbocycles. The van der Waals surface area contributed by atoms with Crippen LogP contribution in [0.5, 0.6) is 0 Å². The molecule has 0 radical (unpaired) electrons. The summed E-state index contributed by atoms with van der Waals surface area (Å²) in [5.74, 6) is 0.894. The molecule has 1 fully saturated rings. The SMILES string of the molecule is C[C@@H]1CN(Cn2nc(-c3cccs3)n(-c3ccccc3)c2=S)C[C@@H](C)O1. The van der Waals surface area contributed by atoms with E-state index in [9.17, 15) is 0 Å². The molecule has 3 heterocycles. The maximum absolute atomic E-state index is 5.84. The first kappa shape index (κ1) is 17.6. The van der Waals surface area contributed by atoms with E-state index in [0.29, 0.717) is 11.4 Å². The third kappa shape index (κ3) is 3.53. The van der Waals surface area contributed by atoms with Crippen molar-refractivity contribution in [2.45, 2.75) is 32.7 Å². The summed E-state index contributed by atoms with van der Waals surface area (Å²) < 4.78 is 10.6. The van der Waals surface area contributed by atoms with Crippen LogP contribution in [0.15, 0.2) is 47.8 Å². The van der Waals surface area contributed by atoms with Crippen LogP contribution < -0.4 is 0 Å². The number of morpholine rings is 1. The fraction of sp³-hybridized carbons (Fsp3) is 0.368. The molecule has 3 aromatic rings. The fourth-order valence-corrected chi connectivity index (χ4v) is 4.45. The van der Waals surface area contributed by atoms with Gasteiger partial charge < -0.3 is 4.74 Å². The molecule has 0 spiro atoms. The van der Waals surface area contributed by atoms with Gasteiger partial charge in [0, 0.05) is 18.8 Å². The van der Waals surface area contributed by atoms with Crippen molar-refractivity contribution in [2.24, 2.45) is 0 Å². The minimum Gasteiger partial charge on any atom is -0.373 e. The molecule has 1 aromatic carbocycles. The monoisotopic (exact) mass is 386 g/mol. The van der Waals surface area contributed by atoms with E-state index in [0.717, 1.165) is 29.5 Å². The minimum absolute atomic E-state index is 0.223. The summed E-state index contributed by atoms with van der Waals surface area (Å²) in [5.41, 5.74) is 1.04. The van der Waals surface area contributed by atoms with E-state index in [1.54, 1.807) is 11.3 Å². The van der Waals surface area contributed by atoms with Crippen LogP contribution in [-0.4, -0.2) is 44.5 Å². The lowest BCUT2D eigenvalue weighted by atomic mass is 10.2. The summed E-state index contributed by atoms with van der Waals surface area (Å²) in [6, 6.07) is 14.3. The summed E-state index contributed by atoms with van der Waals surface area (Å²) in [6.45, 7) is 6.68. The molecule has 1 saturated heterocycles. The third-order valence-corrected chi connectivity index (χ3v) is 5.68. The van der Waals surface area contributed by atoms with E-state index < -0.39 is 0 Å². The largest absolute Gasteiger partial charge is 0.373 e. The van der Waals surface area contributed by atoms with E-state index in [-0.39, 0.29) is 12.2 Å². The Labute approximate surface area is 162 Å². The lowest BCUT2D eigenvalue weighted by Gasteiger charge is -2.34. The van der Waals surface area contributed by atoms with Crippen LogP contribution in [0.2, 0.25) is 0 Å². The summed E-state index contributed by atoms with van der Waals surface area (Å²) in [6.07, 6.45) is 0.446. The van der Waals surface area contributed by atoms with Gasteiger partial charge in [0.15, 0.2) is 5.82 Å². The van der Waals surface area contributed by atoms with Gasteiger partial charge in [0.05, 0.1) is 23.8 Å². The lowest BCUT2D eigenvalue weighted by Crippen LogP contribution is -2.46. The zero-order valence-corrected chi connectivity index (χ0v) is 16.5. The van der Waals surface area contributed by atoms with Gasteiger partial charge in [-0.25, -0.2) is 4.68 Å². The summed E-state index contributed by atoms with van der Waals surface area (Å²) >= 11 is 7.48. The van der Waals surface area contributed by atoms with Crippen LogP contribution >= 0.6 is 23.6 Å². The summed E-state index contributed by atoms with van der Waals surface area (Å²) in [4.78, 5) is 3.47. The second-order valence-electron chi connectivity index (χ2n) is 6.69. The number of benzene rings is 1. The Morgan fingerprint density at radius 2 is 1.85 bits per heavy atom. The number of thiophene rings is 1. The van der Waals surface area contributed by atoms with Crippen molar-refractivity contribution in [3.8, 4) is 16.4 Å². The van der Waals surface area contributed by atoms with Crippen LogP contribution in [0.25, 0.3) is 16.4 Å². The van der Waals surface area contributed by atoms with Crippen molar-refractivity contribution >= 4 is 23.6 Å². The maximum atomic E-state index is 5.84. The second kappa shape index (κ2) is 7.44. The van der Waals surface area contributed by atoms with Crippen molar-refractivity contribution in [1.29, 1.82) is 0 Å².